The summed E-state index contributed by atoms with van der Waals surface area (Å²) in [4.78, 5) is 39.6. The second-order valence-electron chi connectivity index (χ2n) is 8.88. The van der Waals surface area contributed by atoms with E-state index in [4.69, 9.17) is 32.8 Å². The lowest BCUT2D eigenvalue weighted by molar-refractivity contribution is -0.0987. The topological polar surface area (TPSA) is 97.2 Å². The number of piperidine rings is 1. The third-order valence-corrected chi connectivity index (χ3v) is 7.24. The lowest BCUT2D eigenvalue weighted by Crippen LogP contribution is -2.39. The highest BCUT2D eigenvalue weighted by Gasteiger charge is 2.68. The van der Waals surface area contributed by atoms with Gasteiger partial charge in [0, 0.05) is 55.2 Å². The van der Waals surface area contributed by atoms with E-state index in [9.17, 15) is 4.79 Å². The van der Waals surface area contributed by atoms with Crippen molar-refractivity contribution in [2.45, 2.75) is 18.8 Å². The number of rotatable bonds is 5. The van der Waals surface area contributed by atoms with E-state index in [0.29, 0.717) is 34.0 Å². The maximum atomic E-state index is 12.6. The average molecular weight is 546 g/mol. The second kappa shape index (κ2) is 14.0. The number of fused-ring (bicyclic) bond motifs is 1. The van der Waals surface area contributed by atoms with Crippen molar-refractivity contribution in [2.24, 2.45) is 18.9 Å². The number of hydrogen-bond acceptors (Lipinski definition) is 6. The molecular weight excluding hydrogens is 513 g/mol. The summed E-state index contributed by atoms with van der Waals surface area (Å²) in [6.45, 7) is 8.75. The maximum absolute atomic E-state index is 12.6. The number of likely N-dealkylation sites (tertiary alicyclic amines) is 1. The molecule has 1 amide bonds. The molecule has 2 atom stereocenters. The number of hydrogen-bond donors (Lipinski definition) is 1. The van der Waals surface area contributed by atoms with Crippen LogP contribution in [-0.2, 0) is 28.5 Å². The van der Waals surface area contributed by atoms with Crippen LogP contribution in [0.5, 0.6) is 0 Å². The van der Waals surface area contributed by atoms with Crippen molar-refractivity contribution >= 4 is 42.7 Å². The Morgan fingerprint density at radius 2 is 1.76 bits per heavy atom. The van der Waals surface area contributed by atoms with Crippen molar-refractivity contribution in [3.05, 3.63) is 82.1 Å². The van der Waals surface area contributed by atoms with Crippen molar-refractivity contribution in [3.63, 3.8) is 0 Å². The van der Waals surface area contributed by atoms with E-state index in [-0.39, 0.29) is 11.3 Å². The minimum Gasteiger partial charge on any atom is -0.351 e. The van der Waals surface area contributed by atoms with Gasteiger partial charge in [-0.05, 0) is 55.6 Å². The van der Waals surface area contributed by atoms with Crippen molar-refractivity contribution in [3.8, 4) is 0 Å². The lowest BCUT2D eigenvalue weighted by atomic mass is 9.94. The number of nitrogens with zero attached hydrogens (tertiary/aromatic N) is 4. The number of pyridine rings is 1. The zero-order valence-corrected chi connectivity index (χ0v) is 22.9. The summed E-state index contributed by atoms with van der Waals surface area (Å²) in [7, 11) is 4.12. The van der Waals surface area contributed by atoms with Crippen LogP contribution in [0.4, 0.5) is 0 Å². The van der Waals surface area contributed by atoms with Crippen LogP contribution >= 0.6 is 23.2 Å². The molecule has 1 aromatic carbocycles. The van der Waals surface area contributed by atoms with Crippen LogP contribution < -0.4 is 5.32 Å². The van der Waals surface area contributed by atoms with Crippen LogP contribution in [0.1, 0.15) is 28.7 Å². The molecule has 10 heteroatoms. The number of carbonyl (C=O) groups is 3. The quantitative estimate of drug-likeness (QED) is 0.522. The van der Waals surface area contributed by atoms with Gasteiger partial charge < -0.3 is 24.4 Å². The fraction of sp³-hybridized carbons (Fsp3) is 0.370. The van der Waals surface area contributed by atoms with Gasteiger partial charge in [-0.2, -0.15) is 0 Å². The molecule has 2 unspecified atom stereocenters. The predicted octanol–water partition coefficient (Wildman–Crippen LogP) is 3.86. The van der Waals surface area contributed by atoms with Gasteiger partial charge in [-0.15, -0.1) is 0 Å². The number of carbonyl (C=O) groups excluding carboxylic acids is 3. The van der Waals surface area contributed by atoms with Crippen LogP contribution in [0.2, 0.25) is 10.0 Å². The van der Waals surface area contributed by atoms with Crippen molar-refractivity contribution in [1.29, 1.82) is 0 Å². The monoisotopic (exact) mass is 545 g/mol. The zero-order valence-electron chi connectivity index (χ0n) is 21.4. The first-order chi connectivity index (χ1) is 17.8. The van der Waals surface area contributed by atoms with E-state index in [2.05, 4.69) is 40.2 Å². The Labute approximate surface area is 228 Å². The molecule has 8 nitrogen and oxygen atoms in total. The highest BCUT2D eigenvalue weighted by Crippen LogP contribution is 2.62. The predicted molar refractivity (Wildman–Crippen MR) is 146 cm³/mol. The number of halogens is 2. The van der Waals surface area contributed by atoms with Gasteiger partial charge in [-0.3, -0.25) is 9.78 Å². The van der Waals surface area contributed by atoms with Gasteiger partial charge in [0.05, 0.1) is 22.6 Å². The molecule has 0 spiro atoms. The number of nitrogens with one attached hydrogen (secondary N) is 1. The standard InChI is InChI=1S/C19H19Cl2N3O.C6H10N2.2CH2O/c1-24-9-14-15(10-24)19(14,17-4-2-3-7-22-17)11-23-18(25)13-6-5-12(20)8-16(13)21;1-3-6-4-8(2)5-7-6;2*1-2/h2-8,14-15H,9-11H2,1H3,(H,23,25);4-5H,3H2,1-2H3;2*1H2. The molecule has 1 N–H and O–H groups in total. The third-order valence-electron chi connectivity index (χ3n) is 6.70. The first-order valence-corrected chi connectivity index (χ1v) is 12.5. The minimum absolute atomic E-state index is 0.0671. The van der Waals surface area contributed by atoms with Crippen LogP contribution in [0.3, 0.4) is 0 Å². The summed E-state index contributed by atoms with van der Waals surface area (Å²) in [6, 6.07) is 10.9. The molecule has 2 fully saturated rings. The maximum Gasteiger partial charge on any atom is 0.252 e. The van der Waals surface area contributed by atoms with E-state index >= 15 is 0 Å². The molecule has 0 bridgehead atoms. The molecule has 5 rings (SSSR count). The molecule has 2 aromatic heterocycles. The van der Waals surface area contributed by atoms with E-state index in [1.807, 2.05) is 56.0 Å². The Kier molecular flexibility index (Phi) is 11.4. The van der Waals surface area contributed by atoms with Gasteiger partial charge in [-0.25, -0.2) is 4.98 Å². The summed E-state index contributed by atoms with van der Waals surface area (Å²) in [5, 5.41) is 3.97. The van der Waals surface area contributed by atoms with Crippen molar-refractivity contribution in [1.82, 2.24) is 24.8 Å². The zero-order chi connectivity index (χ0) is 27.6. The smallest absolute Gasteiger partial charge is 0.252 e. The summed E-state index contributed by atoms with van der Waals surface area (Å²) in [5.74, 6) is 0.900. The number of aromatic nitrogens is 3. The van der Waals surface area contributed by atoms with E-state index < -0.39 is 0 Å². The van der Waals surface area contributed by atoms with Gasteiger partial charge in [0.25, 0.3) is 5.91 Å². The Balaban J connectivity index is 0.000000338. The number of aryl methyl sites for hydroxylation is 2. The van der Waals surface area contributed by atoms with Gasteiger partial charge in [0.15, 0.2) is 0 Å². The molecule has 1 saturated carbocycles. The molecule has 1 aliphatic heterocycles. The van der Waals surface area contributed by atoms with Gasteiger partial charge in [0.1, 0.15) is 13.6 Å². The van der Waals surface area contributed by atoms with Crippen molar-refractivity contribution < 1.29 is 14.4 Å². The molecular formula is C27H33Cl2N5O3. The van der Waals surface area contributed by atoms with E-state index in [1.165, 1.54) is 0 Å². The molecule has 1 aliphatic carbocycles. The molecule has 3 heterocycles. The lowest BCUT2D eigenvalue weighted by Gasteiger charge is -2.24. The first kappa shape index (κ1) is 30.2. The Morgan fingerprint density at radius 3 is 2.24 bits per heavy atom. The third kappa shape index (κ3) is 7.03. The van der Waals surface area contributed by atoms with Crippen LogP contribution in [0, 0.1) is 11.8 Å². The highest BCUT2D eigenvalue weighted by atomic mass is 35.5. The SMILES string of the molecule is C=O.C=O.CCc1cn(C)cn1.CN1CC2C(C1)C2(CNC(=O)c1ccc(Cl)cc1Cl)c1ccccn1. The largest absolute Gasteiger partial charge is 0.351 e. The van der Waals surface area contributed by atoms with E-state index in [1.54, 1.807) is 18.2 Å². The number of amides is 1. The molecule has 3 aromatic rings. The van der Waals surface area contributed by atoms with E-state index in [0.717, 1.165) is 30.9 Å². The normalized spacial score (nSPS) is 21.1. The Hall–Kier alpha value is -3.07. The van der Waals surface area contributed by atoms with Crippen LogP contribution in [0.15, 0.2) is 55.1 Å². The second-order valence-corrected chi connectivity index (χ2v) is 9.72. The minimum atomic E-state index is -0.171. The fourth-order valence-electron chi connectivity index (χ4n) is 4.95. The van der Waals surface area contributed by atoms with Gasteiger partial charge in [-0.1, -0.05) is 36.2 Å². The molecule has 2 aliphatic rings. The fourth-order valence-corrected chi connectivity index (χ4v) is 5.44. The molecule has 1 saturated heterocycles. The summed E-state index contributed by atoms with van der Waals surface area (Å²) >= 11 is 12.1. The van der Waals surface area contributed by atoms with Gasteiger partial charge >= 0.3 is 0 Å². The molecule has 37 heavy (non-hydrogen) atoms. The Bertz CT molecular complexity index is 1140. The number of benzene rings is 1. The van der Waals surface area contributed by atoms with Crippen LogP contribution in [0.25, 0.3) is 0 Å². The summed E-state index contributed by atoms with van der Waals surface area (Å²) in [6.07, 6.45) is 6.70. The first-order valence-electron chi connectivity index (χ1n) is 11.7. The highest BCUT2D eigenvalue weighted by molar-refractivity contribution is 6.36. The van der Waals surface area contributed by atoms with Gasteiger partial charge in [0.2, 0.25) is 0 Å². The summed E-state index contributed by atoms with van der Waals surface area (Å²) < 4.78 is 1.96. The average Bonchev–Trinajstić information content (AvgIpc) is 3.20. The Morgan fingerprint density at radius 1 is 1.08 bits per heavy atom. The molecule has 0 radical (unpaired) electrons. The van der Waals surface area contributed by atoms with Crippen molar-refractivity contribution in [2.75, 3.05) is 26.7 Å². The summed E-state index contributed by atoms with van der Waals surface area (Å²) in [5.41, 5.74) is 2.61. The van der Waals surface area contributed by atoms with Crippen LogP contribution in [-0.4, -0.2) is 65.6 Å². The number of imidazole rings is 1. The molecule has 198 valence electrons.